The van der Waals surface area contributed by atoms with Gasteiger partial charge in [-0.3, -0.25) is 18.6 Å². The van der Waals surface area contributed by atoms with E-state index in [2.05, 4.69) is 10.3 Å². The van der Waals surface area contributed by atoms with E-state index >= 15 is 0 Å². The molecule has 0 bridgehead atoms. The maximum atomic E-state index is 14.1. The van der Waals surface area contributed by atoms with Crippen molar-refractivity contribution >= 4 is 16.7 Å². The maximum absolute atomic E-state index is 14.1. The lowest BCUT2D eigenvalue weighted by Gasteiger charge is -2.43. The van der Waals surface area contributed by atoms with Crippen molar-refractivity contribution in [3.8, 4) is 0 Å². The third-order valence-corrected chi connectivity index (χ3v) is 9.03. The minimum Gasteiger partial charge on any atom is -0.481 e. The number of halogens is 3. The van der Waals surface area contributed by atoms with Crippen molar-refractivity contribution in [2.45, 2.75) is 69.6 Å². The second-order valence-corrected chi connectivity index (χ2v) is 12.1. The van der Waals surface area contributed by atoms with Crippen LogP contribution < -0.4 is 0 Å². The summed E-state index contributed by atoms with van der Waals surface area (Å²) >= 11 is 0. The lowest BCUT2D eigenvalue weighted by molar-refractivity contribution is -0.139. The molecular formula is C27H33F3N4O4S. The van der Waals surface area contributed by atoms with E-state index in [4.69, 9.17) is 0 Å². The van der Waals surface area contributed by atoms with Gasteiger partial charge in [-0.25, -0.2) is 0 Å². The van der Waals surface area contributed by atoms with E-state index in [0.29, 0.717) is 42.0 Å². The Morgan fingerprint density at radius 2 is 1.95 bits per heavy atom. The van der Waals surface area contributed by atoms with Crippen LogP contribution in [0.4, 0.5) is 13.2 Å². The topological polar surface area (TPSA) is 112 Å². The number of aryl methyl sites for hydroxylation is 2. The molecule has 2 atom stereocenters. The number of alkyl halides is 3. The van der Waals surface area contributed by atoms with Crippen LogP contribution in [0.5, 0.6) is 0 Å². The van der Waals surface area contributed by atoms with Gasteiger partial charge in [-0.05, 0) is 66.8 Å². The molecule has 0 aliphatic carbocycles. The molecule has 0 fully saturated rings. The molecule has 1 aliphatic rings. The normalized spacial score (nSPS) is 19.2. The zero-order valence-electron chi connectivity index (χ0n) is 21.8. The molecule has 0 saturated heterocycles. The number of carboxylic acids is 1. The quantitative estimate of drug-likeness (QED) is 0.282. The minimum absolute atomic E-state index is 0.0337. The molecular weight excluding hydrogens is 533 g/mol. The van der Waals surface area contributed by atoms with Crippen LogP contribution in [-0.2, 0) is 36.9 Å². The second kappa shape index (κ2) is 11.7. The molecule has 4 rings (SSSR count). The molecule has 212 valence electrons. The van der Waals surface area contributed by atoms with Gasteiger partial charge in [0, 0.05) is 25.8 Å². The zero-order chi connectivity index (χ0) is 28.4. The van der Waals surface area contributed by atoms with Crippen LogP contribution in [0.25, 0.3) is 0 Å². The molecule has 3 N–H and O–H groups in total. The van der Waals surface area contributed by atoms with Gasteiger partial charge in [0.25, 0.3) is 0 Å². The third-order valence-electron chi connectivity index (χ3n) is 7.04. The van der Waals surface area contributed by atoms with E-state index in [0.717, 1.165) is 11.6 Å². The Balaban J connectivity index is 1.69. The highest BCUT2D eigenvalue weighted by Gasteiger charge is 2.37. The molecule has 0 saturated carbocycles. The third kappa shape index (κ3) is 6.81. The Morgan fingerprint density at radius 3 is 2.62 bits per heavy atom. The van der Waals surface area contributed by atoms with Gasteiger partial charge in [-0.1, -0.05) is 42.5 Å². The van der Waals surface area contributed by atoms with E-state index in [1.165, 1.54) is 16.4 Å². The van der Waals surface area contributed by atoms with Crippen molar-refractivity contribution in [3.63, 3.8) is 0 Å². The fourth-order valence-corrected chi connectivity index (χ4v) is 6.94. The van der Waals surface area contributed by atoms with Crippen LogP contribution in [0.3, 0.4) is 0 Å². The van der Waals surface area contributed by atoms with Crippen molar-refractivity contribution < 1.29 is 32.2 Å². The summed E-state index contributed by atoms with van der Waals surface area (Å²) in [5, 5.41) is 17.6. The average molecular weight is 567 g/mol. The molecule has 2 unspecified atom stereocenters. The van der Waals surface area contributed by atoms with Crippen LogP contribution in [-0.4, -0.2) is 46.0 Å². The van der Waals surface area contributed by atoms with E-state index in [1.54, 1.807) is 35.1 Å². The molecule has 0 spiro atoms. The van der Waals surface area contributed by atoms with Crippen LogP contribution in [0.15, 0.2) is 53.6 Å². The average Bonchev–Trinajstić information content (AvgIpc) is 3.30. The largest absolute Gasteiger partial charge is 0.481 e. The number of aromatic nitrogens is 3. The minimum atomic E-state index is -4.67. The molecule has 39 heavy (non-hydrogen) atoms. The van der Waals surface area contributed by atoms with E-state index in [-0.39, 0.29) is 31.0 Å². The summed E-state index contributed by atoms with van der Waals surface area (Å²) in [5.41, 5.74) is 0.873. The van der Waals surface area contributed by atoms with Gasteiger partial charge in [-0.15, -0.1) is 15.9 Å². The first-order valence-corrected chi connectivity index (χ1v) is 14.3. The molecule has 8 nitrogen and oxygen atoms in total. The number of aliphatic carboxylic acids is 1. The van der Waals surface area contributed by atoms with Crippen LogP contribution >= 0.6 is 10.8 Å². The van der Waals surface area contributed by atoms with Crippen LogP contribution in [0, 0.1) is 5.92 Å². The summed E-state index contributed by atoms with van der Waals surface area (Å²) in [6.45, 7) is 4.29. The highest BCUT2D eigenvalue weighted by atomic mass is 32.3. The number of carboxylic acid groups (broad SMARTS) is 1. The van der Waals surface area contributed by atoms with Gasteiger partial charge < -0.3 is 5.11 Å². The first-order chi connectivity index (χ1) is 18.4. The van der Waals surface area contributed by atoms with Crippen LogP contribution in [0.1, 0.15) is 60.6 Å². The first-order valence-electron chi connectivity index (χ1n) is 12.8. The van der Waals surface area contributed by atoms with Crippen LogP contribution in [0.2, 0.25) is 0 Å². The molecule has 12 heteroatoms. The predicted octanol–water partition coefficient (Wildman–Crippen LogP) is 6.23. The summed E-state index contributed by atoms with van der Waals surface area (Å²) in [5.74, 6) is -1.67. The van der Waals surface area contributed by atoms with Gasteiger partial charge in [-0.2, -0.15) is 17.5 Å². The molecule has 1 aliphatic heterocycles. The Kier molecular flexibility index (Phi) is 8.69. The molecule has 0 radical (unpaired) electrons. The number of hydrogen-bond acceptors (Lipinski definition) is 6. The second-order valence-electron chi connectivity index (χ2n) is 10.1. The molecule has 2 aromatic carbocycles. The molecule has 2 heterocycles. The maximum Gasteiger partial charge on any atom is 0.416 e. The van der Waals surface area contributed by atoms with Gasteiger partial charge in [0.2, 0.25) is 0 Å². The monoisotopic (exact) mass is 566 g/mol. The number of benzene rings is 2. The van der Waals surface area contributed by atoms with Gasteiger partial charge in [0.05, 0.1) is 22.6 Å². The summed E-state index contributed by atoms with van der Waals surface area (Å²) in [6.07, 6.45) is -1.85. The van der Waals surface area contributed by atoms with E-state index in [1.807, 2.05) is 13.8 Å². The number of nitrogens with zero attached hydrogens (tertiary/aromatic N) is 4. The summed E-state index contributed by atoms with van der Waals surface area (Å²) in [6, 6.07) is 10.5. The van der Waals surface area contributed by atoms with E-state index in [9.17, 15) is 32.2 Å². The Labute approximate surface area is 226 Å². The van der Waals surface area contributed by atoms with Gasteiger partial charge >= 0.3 is 12.1 Å². The molecule has 0 amide bonds. The Bertz CT molecular complexity index is 1310. The zero-order valence-corrected chi connectivity index (χ0v) is 22.6. The van der Waals surface area contributed by atoms with Gasteiger partial charge in [0.15, 0.2) is 0 Å². The fourth-order valence-electron chi connectivity index (χ4n) is 5.12. The van der Waals surface area contributed by atoms with Crippen molar-refractivity contribution in [2.75, 3.05) is 6.54 Å². The van der Waals surface area contributed by atoms with Gasteiger partial charge in [0.1, 0.15) is 0 Å². The smallest absolute Gasteiger partial charge is 0.416 e. The highest BCUT2D eigenvalue weighted by Crippen LogP contribution is 2.56. The summed E-state index contributed by atoms with van der Waals surface area (Å²) < 4.78 is 67.8. The Morgan fingerprint density at radius 1 is 1.21 bits per heavy atom. The van der Waals surface area contributed by atoms with Crippen molar-refractivity contribution in [2.24, 2.45) is 5.92 Å². The molecule has 1 aromatic heterocycles. The van der Waals surface area contributed by atoms with Crippen molar-refractivity contribution in [3.05, 3.63) is 76.6 Å². The Hall–Kier alpha value is -2.93. The number of hydrogen-bond donors (Lipinski definition) is 3. The molecule has 3 aromatic rings. The van der Waals surface area contributed by atoms with Crippen molar-refractivity contribution in [1.29, 1.82) is 0 Å². The lowest BCUT2D eigenvalue weighted by Crippen LogP contribution is -2.31. The standard InChI is InChI=1S/C27H33F3N4O4S/c1-3-33-17-23(31-32-33)10-8-20(14-26(35)36)19-9-11-24(27(28,29)30)22(13-19)16-34-15-18(2)12-21-6-4-5-7-25(21)39(34,37)38/h4-7,9,11,13,17-18,20,37-38H,3,8,10,12,14-16H2,1-2H3,(H,35,36). The number of fused-ring (bicyclic) bond motifs is 1. The SMILES string of the molecule is CCn1cc(CCC(CC(=O)O)c2ccc(C(F)(F)F)c(CN3CC(C)Cc4ccccc4S3(O)O)c2)nn1. The lowest BCUT2D eigenvalue weighted by atomic mass is 9.88. The summed E-state index contributed by atoms with van der Waals surface area (Å²) in [7, 11) is -3.56. The highest BCUT2D eigenvalue weighted by molar-refractivity contribution is 8.22. The predicted molar refractivity (Wildman–Crippen MR) is 141 cm³/mol. The van der Waals surface area contributed by atoms with Crippen molar-refractivity contribution in [1.82, 2.24) is 19.3 Å². The first kappa shape index (κ1) is 29.1. The number of rotatable bonds is 9. The fraction of sp³-hybridized carbons (Fsp3) is 0.444. The summed E-state index contributed by atoms with van der Waals surface area (Å²) in [4.78, 5) is 12.0. The van der Waals surface area contributed by atoms with E-state index < -0.39 is 34.4 Å². The number of carbonyl (C=O) groups is 1.